The maximum Gasteiger partial charge on any atom is 0.305 e. The Morgan fingerprint density at radius 1 is 1.07 bits per heavy atom. The van der Waals surface area contributed by atoms with E-state index < -0.39 is 0 Å². The van der Waals surface area contributed by atoms with Crippen molar-refractivity contribution in [3.63, 3.8) is 0 Å². The summed E-state index contributed by atoms with van der Waals surface area (Å²) < 4.78 is 4.66. The molecule has 7 heteroatoms. The molecule has 0 saturated carbocycles. The topological polar surface area (TPSA) is 57.2 Å². The fraction of sp³-hybridized carbons (Fsp3) is 0.619. The monoisotopic (exact) mass is 502 g/mol. The molecule has 0 aromatic heterocycles. The van der Waals surface area contributed by atoms with Crippen LogP contribution in [0.25, 0.3) is 0 Å². The molecule has 1 fully saturated rings. The summed E-state index contributed by atoms with van der Waals surface area (Å²) in [5.41, 5.74) is 1.38. The van der Waals surface area contributed by atoms with Crippen molar-refractivity contribution in [2.24, 2.45) is 4.99 Å². The number of hydrogen-bond donors (Lipinski definition) is 1. The first-order chi connectivity index (χ1) is 13.2. The Balaban J connectivity index is 0.00000392. The average molecular weight is 502 g/mol. The number of rotatable bonds is 9. The lowest BCUT2D eigenvalue weighted by Gasteiger charge is -2.36. The molecule has 1 heterocycles. The van der Waals surface area contributed by atoms with E-state index in [1.807, 2.05) is 7.05 Å². The SMILES string of the molecule is CN=C(NCCCCCCC(=O)OC)N1CCN(Cc2ccccc2)CC1.I. The fourth-order valence-electron chi connectivity index (χ4n) is 3.34. The van der Waals surface area contributed by atoms with Gasteiger partial charge in [-0.15, -0.1) is 24.0 Å². The molecule has 1 aliphatic heterocycles. The molecule has 0 radical (unpaired) electrons. The molecule has 158 valence electrons. The van der Waals surface area contributed by atoms with Crippen LogP contribution in [0.15, 0.2) is 35.3 Å². The molecule has 0 spiro atoms. The summed E-state index contributed by atoms with van der Waals surface area (Å²) >= 11 is 0. The number of ether oxygens (including phenoxy) is 1. The number of nitrogens with zero attached hydrogens (tertiary/aromatic N) is 3. The Bertz CT molecular complexity index is 575. The molecule has 0 aliphatic carbocycles. The zero-order chi connectivity index (χ0) is 19.3. The van der Waals surface area contributed by atoms with Gasteiger partial charge in [-0.3, -0.25) is 14.7 Å². The van der Waals surface area contributed by atoms with Crippen LogP contribution in [-0.4, -0.2) is 68.6 Å². The Morgan fingerprint density at radius 3 is 2.39 bits per heavy atom. The van der Waals surface area contributed by atoms with Crippen LogP contribution in [0.3, 0.4) is 0 Å². The van der Waals surface area contributed by atoms with Crippen molar-refractivity contribution in [3.05, 3.63) is 35.9 Å². The average Bonchev–Trinajstić information content (AvgIpc) is 2.71. The van der Waals surface area contributed by atoms with Gasteiger partial charge < -0.3 is 15.0 Å². The van der Waals surface area contributed by atoms with Gasteiger partial charge in [0, 0.05) is 52.7 Å². The van der Waals surface area contributed by atoms with Crippen molar-refractivity contribution in [3.8, 4) is 0 Å². The quantitative estimate of drug-likeness (QED) is 0.185. The smallest absolute Gasteiger partial charge is 0.305 e. The van der Waals surface area contributed by atoms with Crippen molar-refractivity contribution < 1.29 is 9.53 Å². The third kappa shape index (κ3) is 9.23. The number of guanidine groups is 1. The Hall–Kier alpha value is -1.35. The summed E-state index contributed by atoms with van der Waals surface area (Å²) in [5.74, 6) is 0.892. The second-order valence-corrected chi connectivity index (χ2v) is 6.96. The molecule has 0 bridgehead atoms. The van der Waals surface area contributed by atoms with E-state index in [1.165, 1.54) is 12.7 Å². The van der Waals surface area contributed by atoms with Gasteiger partial charge in [-0.25, -0.2) is 0 Å². The number of methoxy groups -OCH3 is 1. The predicted molar refractivity (Wildman–Crippen MR) is 125 cm³/mol. The van der Waals surface area contributed by atoms with Crippen LogP contribution in [0.5, 0.6) is 0 Å². The van der Waals surface area contributed by atoms with E-state index in [-0.39, 0.29) is 29.9 Å². The number of esters is 1. The number of piperazine rings is 1. The van der Waals surface area contributed by atoms with Gasteiger partial charge in [-0.2, -0.15) is 0 Å². The van der Waals surface area contributed by atoms with E-state index in [4.69, 9.17) is 0 Å². The lowest BCUT2D eigenvalue weighted by atomic mass is 10.1. The van der Waals surface area contributed by atoms with Crippen LogP contribution in [0.1, 0.15) is 37.7 Å². The molecule has 28 heavy (non-hydrogen) atoms. The number of carbonyl (C=O) groups excluding carboxylic acids is 1. The minimum absolute atomic E-state index is 0. The van der Waals surface area contributed by atoms with Crippen LogP contribution in [0.2, 0.25) is 0 Å². The third-order valence-electron chi connectivity index (χ3n) is 4.95. The first-order valence-electron chi connectivity index (χ1n) is 10.0. The van der Waals surface area contributed by atoms with Gasteiger partial charge in [0.15, 0.2) is 5.96 Å². The molecule has 1 aromatic carbocycles. The standard InChI is InChI=1S/C21H34N4O2.HI/c1-22-21(23-13-9-4-3-8-12-20(26)27-2)25-16-14-24(15-17-25)18-19-10-6-5-7-11-19;/h5-7,10-11H,3-4,8-9,12-18H2,1-2H3,(H,22,23);1H. The summed E-state index contributed by atoms with van der Waals surface area (Å²) in [6, 6.07) is 10.7. The molecule has 1 N–H and O–H groups in total. The van der Waals surface area contributed by atoms with E-state index in [0.29, 0.717) is 6.42 Å². The summed E-state index contributed by atoms with van der Waals surface area (Å²) in [6.45, 7) is 6.07. The molecule has 0 unspecified atom stereocenters. The number of nitrogens with one attached hydrogen (secondary N) is 1. The summed E-state index contributed by atoms with van der Waals surface area (Å²) in [7, 11) is 3.30. The highest BCUT2D eigenvalue weighted by Crippen LogP contribution is 2.09. The molecule has 1 aromatic rings. The molecule has 6 nitrogen and oxygen atoms in total. The van der Waals surface area contributed by atoms with E-state index in [1.54, 1.807) is 0 Å². The van der Waals surface area contributed by atoms with Crippen molar-refractivity contribution in [2.45, 2.75) is 38.6 Å². The normalized spacial score (nSPS) is 15.1. The number of carbonyl (C=O) groups is 1. The van der Waals surface area contributed by atoms with Crippen LogP contribution < -0.4 is 5.32 Å². The maximum absolute atomic E-state index is 11.1. The third-order valence-corrected chi connectivity index (χ3v) is 4.95. The first-order valence-corrected chi connectivity index (χ1v) is 10.0. The molecular formula is C21H35IN4O2. The molecule has 0 amide bonds. The van der Waals surface area contributed by atoms with Gasteiger partial charge in [-0.1, -0.05) is 43.2 Å². The molecule has 1 saturated heterocycles. The molecular weight excluding hydrogens is 467 g/mol. The summed E-state index contributed by atoms with van der Waals surface area (Å²) in [5, 5.41) is 3.48. The van der Waals surface area contributed by atoms with Gasteiger partial charge in [0.2, 0.25) is 0 Å². The van der Waals surface area contributed by atoms with Crippen LogP contribution in [0.4, 0.5) is 0 Å². The number of unbranched alkanes of at least 4 members (excludes halogenated alkanes) is 3. The summed E-state index contributed by atoms with van der Waals surface area (Å²) in [6.07, 6.45) is 4.71. The van der Waals surface area contributed by atoms with Gasteiger partial charge in [0.25, 0.3) is 0 Å². The van der Waals surface area contributed by atoms with E-state index in [9.17, 15) is 4.79 Å². The molecule has 2 rings (SSSR count). The van der Waals surface area contributed by atoms with Crippen LogP contribution >= 0.6 is 24.0 Å². The number of halogens is 1. The first kappa shape index (κ1) is 24.7. The van der Waals surface area contributed by atoms with Gasteiger partial charge in [0.05, 0.1) is 7.11 Å². The maximum atomic E-state index is 11.1. The lowest BCUT2D eigenvalue weighted by molar-refractivity contribution is -0.140. The second-order valence-electron chi connectivity index (χ2n) is 6.96. The summed E-state index contributed by atoms with van der Waals surface area (Å²) in [4.78, 5) is 20.4. The van der Waals surface area contributed by atoms with Crippen molar-refractivity contribution in [1.29, 1.82) is 0 Å². The van der Waals surface area contributed by atoms with Gasteiger partial charge >= 0.3 is 5.97 Å². The zero-order valence-electron chi connectivity index (χ0n) is 17.2. The Kier molecular flexibility index (Phi) is 12.9. The molecule has 1 aliphatic rings. The van der Waals surface area contributed by atoms with Gasteiger partial charge in [-0.05, 0) is 18.4 Å². The van der Waals surface area contributed by atoms with Crippen molar-refractivity contribution >= 4 is 35.9 Å². The minimum atomic E-state index is -0.111. The highest BCUT2D eigenvalue weighted by Gasteiger charge is 2.19. The van der Waals surface area contributed by atoms with Crippen molar-refractivity contribution in [2.75, 3.05) is 46.9 Å². The number of benzene rings is 1. The number of aliphatic imine (C=N–C) groups is 1. The minimum Gasteiger partial charge on any atom is -0.469 e. The fourth-order valence-corrected chi connectivity index (χ4v) is 3.34. The van der Waals surface area contributed by atoms with Gasteiger partial charge in [0.1, 0.15) is 0 Å². The van der Waals surface area contributed by atoms with E-state index >= 15 is 0 Å². The zero-order valence-corrected chi connectivity index (χ0v) is 19.6. The Morgan fingerprint density at radius 2 is 1.75 bits per heavy atom. The van der Waals surface area contributed by atoms with Crippen molar-refractivity contribution in [1.82, 2.24) is 15.1 Å². The van der Waals surface area contributed by atoms with Crippen LogP contribution in [-0.2, 0) is 16.1 Å². The van der Waals surface area contributed by atoms with E-state index in [0.717, 1.165) is 70.9 Å². The Labute approximate surface area is 186 Å². The predicted octanol–water partition coefficient (Wildman–Crippen LogP) is 3.12. The molecule has 0 atom stereocenters. The largest absolute Gasteiger partial charge is 0.469 e. The number of hydrogen-bond acceptors (Lipinski definition) is 4. The lowest BCUT2D eigenvalue weighted by Crippen LogP contribution is -2.52. The highest BCUT2D eigenvalue weighted by atomic mass is 127. The highest BCUT2D eigenvalue weighted by molar-refractivity contribution is 14.0. The second kappa shape index (κ2) is 14.6. The van der Waals surface area contributed by atoms with Crippen LogP contribution in [0, 0.1) is 0 Å². The van der Waals surface area contributed by atoms with E-state index in [2.05, 4.69) is 55.2 Å².